The number of ether oxygens (including phenoxy) is 2. The summed E-state index contributed by atoms with van der Waals surface area (Å²) in [6.45, 7) is 2.39. The third kappa shape index (κ3) is 3.01. The van der Waals surface area contributed by atoms with E-state index in [1.807, 2.05) is 6.92 Å². The van der Waals surface area contributed by atoms with Crippen LogP contribution in [0.1, 0.15) is 17.4 Å². The van der Waals surface area contributed by atoms with Crippen LogP contribution in [-0.2, 0) is 0 Å². The van der Waals surface area contributed by atoms with Gasteiger partial charge in [0.05, 0.1) is 19.9 Å². The van der Waals surface area contributed by atoms with Crippen LogP contribution in [0.2, 0.25) is 0 Å². The fourth-order valence-electron chi connectivity index (χ4n) is 1.53. The molecule has 1 aromatic carbocycles. The number of carbonyl (C=O) groups is 1. The molecule has 0 spiro atoms. The Morgan fingerprint density at radius 1 is 1.42 bits per heavy atom. The molecule has 1 aromatic heterocycles. The lowest BCUT2D eigenvalue weighted by molar-refractivity contribution is 0.102. The lowest BCUT2D eigenvalue weighted by atomic mass is 10.2. The normalized spacial score (nSPS) is 10.0. The summed E-state index contributed by atoms with van der Waals surface area (Å²) in [4.78, 5) is 11.8. The van der Waals surface area contributed by atoms with Gasteiger partial charge in [0, 0.05) is 11.8 Å². The highest BCUT2D eigenvalue weighted by atomic mass is 16.5. The largest absolute Gasteiger partial charge is 0.493 e. The van der Waals surface area contributed by atoms with Crippen molar-refractivity contribution in [2.24, 2.45) is 0 Å². The molecular formula is C12H14N4O3. The minimum absolute atomic E-state index is 0.216. The van der Waals surface area contributed by atoms with Gasteiger partial charge in [0.2, 0.25) is 0 Å². The number of anilines is 1. The second-order valence-electron chi connectivity index (χ2n) is 3.61. The van der Waals surface area contributed by atoms with E-state index in [-0.39, 0.29) is 11.6 Å². The van der Waals surface area contributed by atoms with Crippen LogP contribution >= 0.6 is 0 Å². The third-order valence-electron chi connectivity index (χ3n) is 2.37. The van der Waals surface area contributed by atoms with Crippen LogP contribution < -0.4 is 14.8 Å². The summed E-state index contributed by atoms with van der Waals surface area (Å²) >= 11 is 0. The lowest BCUT2D eigenvalue weighted by Gasteiger charge is -2.11. The molecule has 0 bridgehead atoms. The van der Waals surface area contributed by atoms with E-state index in [2.05, 4.69) is 20.7 Å². The van der Waals surface area contributed by atoms with Crippen molar-refractivity contribution in [3.05, 3.63) is 30.1 Å². The summed E-state index contributed by atoms with van der Waals surface area (Å²) in [6.07, 6.45) is 1.35. The molecule has 19 heavy (non-hydrogen) atoms. The first-order valence-corrected chi connectivity index (χ1v) is 5.72. The third-order valence-corrected chi connectivity index (χ3v) is 2.37. The highest BCUT2D eigenvalue weighted by Gasteiger charge is 2.11. The highest BCUT2D eigenvalue weighted by molar-refractivity contribution is 6.02. The number of hydrogen-bond donors (Lipinski definition) is 2. The van der Waals surface area contributed by atoms with Gasteiger partial charge in [-0.2, -0.15) is 15.4 Å². The maximum Gasteiger partial charge on any atom is 0.277 e. The predicted octanol–water partition coefficient (Wildman–Crippen LogP) is 1.46. The number of amides is 1. The summed E-state index contributed by atoms with van der Waals surface area (Å²) < 4.78 is 10.6. The van der Waals surface area contributed by atoms with E-state index in [9.17, 15) is 4.79 Å². The average molecular weight is 262 g/mol. The zero-order valence-electron chi connectivity index (χ0n) is 10.6. The Morgan fingerprint density at radius 2 is 2.26 bits per heavy atom. The smallest absolute Gasteiger partial charge is 0.277 e. The van der Waals surface area contributed by atoms with Gasteiger partial charge in [0.25, 0.3) is 5.91 Å². The number of aromatic nitrogens is 3. The molecule has 2 rings (SSSR count). The van der Waals surface area contributed by atoms with Crippen molar-refractivity contribution in [1.29, 1.82) is 0 Å². The van der Waals surface area contributed by atoms with Crippen molar-refractivity contribution < 1.29 is 14.3 Å². The van der Waals surface area contributed by atoms with Crippen LogP contribution in [0.25, 0.3) is 0 Å². The van der Waals surface area contributed by atoms with Gasteiger partial charge in [-0.05, 0) is 19.1 Å². The molecule has 0 aliphatic rings. The molecule has 1 heterocycles. The van der Waals surface area contributed by atoms with E-state index in [1.165, 1.54) is 6.20 Å². The van der Waals surface area contributed by atoms with E-state index in [0.29, 0.717) is 23.8 Å². The van der Waals surface area contributed by atoms with Gasteiger partial charge < -0.3 is 14.8 Å². The minimum atomic E-state index is -0.346. The number of methoxy groups -OCH3 is 1. The summed E-state index contributed by atoms with van der Waals surface area (Å²) in [5.41, 5.74) is 0.811. The fraction of sp³-hybridized carbons (Fsp3) is 0.250. The number of hydrogen-bond acceptors (Lipinski definition) is 5. The Balaban J connectivity index is 2.16. The zero-order chi connectivity index (χ0) is 13.7. The topological polar surface area (TPSA) is 89.1 Å². The molecule has 0 saturated carbocycles. The Hall–Kier alpha value is -2.57. The van der Waals surface area contributed by atoms with Crippen LogP contribution in [0, 0.1) is 0 Å². The van der Waals surface area contributed by atoms with Crippen molar-refractivity contribution in [1.82, 2.24) is 15.4 Å². The number of nitrogens with zero attached hydrogens (tertiary/aromatic N) is 2. The molecule has 0 saturated heterocycles. The summed E-state index contributed by atoms with van der Waals surface area (Å²) in [6, 6.07) is 5.14. The number of benzene rings is 1. The van der Waals surface area contributed by atoms with Crippen molar-refractivity contribution >= 4 is 11.6 Å². The summed E-state index contributed by atoms with van der Waals surface area (Å²) in [5.74, 6) is 0.839. The Labute approximate surface area is 109 Å². The second kappa shape index (κ2) is 5.85. The molecule has 0 aliphatic carbocycles. The van der Waals surface area contributed by atoms with E-state index < -0.39 is 0 Å². The molecule has 1 amide bonds. The SMILES string of the molecule is CCOc1cc(NC(=O)c2cn[nH]n2)ccc1OC. The van der Waals surface area contributed by atoms with Crippen LogP contribution in [0.15, 0.2) is 24.4 Å². The molecule has 7 heteroatoms. The standard InChI is InChI=1S/C12H14N4O3/c1-3-19-11-6-8(4-5-10(11)18-2)14-12(17)9-7-13-16-15-9/h4-7H,3H2,1-2H3,(H,14,17)(H,13,15,16). The number of H-pyrrole nitrogens is 1. The molecule has 0 radical (unpaired) electrons. The van der Waals surface area contributed by atoms with Crippen LogP contribution in [0.4, 0.5) is 5.69 Å². The number of rotatable bonds is 5. The molecule has 0 atom stereocenters. The fourth-order valence-corrected chi connectivity index (χ4v) is 1.53. The van der Waals surface area contributed by atoms with Gasteiger partial charge in [-0.1, -0.05) is 0 Å². The number of carbonyl (C=O) groups excluding carboxylic acids is 1. The monoisotopic (exact) mass is 262 g/mol. The molecule has 0 aliphatic heterocycles. The van der Waals surface area contributed by atoms with Gasteiger partial charge in [0.15, 0.2) is 17.2 Å². The van der Waals surface area contributed by atoms with Crippen molar-refractivity contribution in [3.8, 4) is 11.5 Å². The molecule has 0 fully saturated rings. The van der Waals surface area contributed by atoms with E-state index in [4.69, 9.17) is 9.47 Å². The molecule has 7 nitrogen and oxygen atoms in total. The second-order valence-corrected chi connectivity index (χ2v) is 3.61. The quantitative estimate of drug-likeness (QED) is 0.851. The predicted molar refractivity (Wildman–Crippen MR) is 68.5 cm³/mol. The lowest BCUT2D eigenvalue weighted by Crippen LogP contribution is -2.12. The average Bonchev–Trinajstić information content (AvgIpc) is 2.93. The van der Waals surface area contributed by atoms with E-state index >= 15 is 0 Å². The molecule has 2 aromatic rings. The summed E-state index contributed by atoms with van der Waals surface area (Å²) in [5, 5.41) is 12.4. The van der Waals surface area contributed by atoms with Gasteiger partial charge in [-0.15, -0.1) is 0 Å². The first kappa shape index (κ1) is 12.9. The maximum absolute atomic E-state index is 11.8. The van der Waals surface area contributed by atoms with Gasteiger partial charge in [-0.25, -0.2) is 0 Å². The Bertz CT molecular complexity index is 554. The first-order valence-electron chi connectivity index (χ1n) is 5.72. The summed E-state index contributed by atoms with van der Waals surface area (Å²) in [7, 11) is 1.56. The van der Waals surface area contributed by atoms with Crippen molar-refractivity contribution in [2.75, 3.05) is 19.0 Å². The number of nitrogens with one attached hydrogen (secondary N) is 2. The first-order chi connectivity index (χ1) is 9.24. The molecule has 2 N–H and O–H groups in total. The molecule has 100 valence electrons. The number of aromatic amines is 1. The molecule has 0 unspecified atom stereocenters. The van der Waals surface area contributed by atoms with Gasteiger partial charge in [-0.3, -0.25) is 4.79 Å². The maximum atomic E-state index is 11.8. The highest BCUT2D eigenvalue weighted by Crippen LogP contribution is 2.30. The minimum Gasteiger partial charge on any atom is -0.493 e. The van der Waals surface area contributed by atoms with Gasteiger partial charge in [0.1, 0.15) is 0 Å². The van der Waals surface area contributed by atoms with Gasteiger partial charge >= 0.3 is 0 Å². The van der Waals surface area contributed by atoms with Crippen molar-refractivity contribution in [3.63, 3.8) is 0 Å². The van der Waals surface area contributed by atoms with Crippen molar-refractivity contribution in [2.45, 2.75) is 6.92 Å². The molecular weight excluding hydrogens is 248 g/mol. The Kier molecular flexibility index (Phi) is 3.97. The van der Waals surface area contributed by atoms with Crippen LogP contribution in [0.5, 0.6) is 11.5 Å². The Morgan fingerprint density at radius 3 is 2.89 bits per heavy atom. The zero-order valence-corrected chi connectivity index (χ0v) is 10.6. The van der Waals surface area contributed by atoms with E-state index in [0.717, 1.165) is 0 Å². The van der Waals surface area contributed by atoms with Crippen LogP contribution in [0.3, 0.4) is 0 Å². The van der Waals surface area contributed by atoms with E-state index in [1.54, 1.807) is 25.3 Å². The van der Waals surface area contributed by atoms with Crippen LogP contribution in [-0.4, -0.2) is 35.0 Å².